The highest BCUT2D eigenvalue weighted by atomic mass is 16.5. The fourth-order valence-electron chi connectivity index (χ4n) is 3.61. The molecule has 158 valence electrons. The molecule has 0 aromatic heterocycles. The predicted octanol–water partition coefficient (Wildman–Crippen LogP) is 3.63. The van der Waals surface area contributed by atoms with E-state index in [4.69, 9.17) is 9.47 Å². The number of ether oxygens (including phenoxy) is 2. The average molecular weight is 411 g/mol. The number of rotatable bonds is 7. The van der Waals surface area contributed by atoms with E-state index in [1.54, 1.807) is 36.4 Å². The van der Waals surface area contributed by atoms with Gasteiger partial charge in [-0.3, -0.25) is 9.59 Å². The van der Waals surface area contributed by atoms with Gasteiger partial charge in [-0.1, -0.05) is 13.0 Å². The van der Waals surface area contributed by atoms with E-state index in [0.717, 1.165) is 0 Å². The maximum Gasteiger partial charge on any atom is 0.295 e. The summed E-state index contributed by atoms with van der Waals surface area (Å²) in [6, 6.07) is 10.5. The van der Waals surface area contributed by atoms with Gasteiger partial charge in [-0.2, -0.15) is 0 Å². The minimum absolute atomic E-state index is 0.0119. The van der Waals surface area contributed by atoms with E-state index in [0.29, 0.717) is 36.4 Å². The molecule has 2 N–H and O–H groups in total. The third-order valence-corrected chi connectivity index (χ3v) is 4.96. The van der Waals surface area contributed by atoms with Gasteiger partial charge in [-0.05, 0) is 55.3 Å². The normalized spacial score (nSPS) is 18.0. The summed E-state index contributed by atoms with van der Waals surface area (Å²) in [5.41, 5.74) is 0.895. The van der Waals surface area contributed by atoms with E-state index in [1.807, 2.05) is 13.8 Å². The Balaban J connectivity index is 2.13. The highest BCUT2D eigenvalue weighted by Crippen LogP contribution is 2.41. The smallest absolute Gasteiger partial charge is 0.295 e. The molecule has 1 amide bonds. The van der Waals surface area contributed by atoms with Crippen LogP contribution in [0.4, 0.5) is 0 Å². The van der Waals surface area contributed by atoms with Gasteiger partial charge in [0, 0.05) is 12.1 Å². The molecule has 0 saturated carbocycles. The van der Waals surface area contributed by atoms with Crippen molar-refractivity contribution >= 4 is 17.4 Å². The zero-order chi connectivity index (χ0) is 21.8. The number of likely N-dealkylation sites (tertiary alicyclic amines) is 1. The number of nitrogens with zero attached hydrogens (tertiary/aromatic N) is 1. The number of methoxy groups -OCH3 is 1. The number of aromatic hydroxyl groups is 1. The number of hydrogen-bond acceptors (Lipinski definition) is 6. The minimum Gasteiger partial charge on any atom is -0.507 e. The molecule has 30 heavy (non-hydrogen) atoms. The van der Waals surface area contributed by atoms with Crippen molar-refractivity contribution in [2.45, 2.75) is 26.3 Å². The maximum absolute atomic E-state index is 12.8. The van der Waals surface area contributed by atoms with E-state index in [1.165, 1.54) is 18.1 Å². The zero-order valence-electron chi connectivity index (χ0n) is 17.2. The number of aliphatic hydroxyl groups is 1. The van der Waals surface area contributed by atoms with Crippen LogP contribution in [0.15, 0.2) is 48.0 Å². The fraction of sp³-hybridized carbons (Fsp3) is 0.304. The molecule has 1 fully saturated rings. The molecule has 7 nitrogen and oxygen atoms in total. The van der Waals surface area contributed by atoms with Crippen LogP contribution in [0.1, 0.15) is 37.4 Å². The summed E-state index contributed by atoms with van der Waals surface area (Å²) in [6.07, 6.45) is 0.634. The van der Waals surface area contributed by atoms with E-state index in [2.05, 4.69) is 0 Å². The van der Waals surface area contributed by atoms with Crippen molar-refractivity contribution in [2.75, 3.05) is 20.3 Å². The zero-order valence-corrected chi connectivity index (χ0v) is 17.2. The van der Waals surface area contributed by atoms with Crippen LogP contribution in [0.2, 0.25) is 0 Å². The Bertz CT molecular complexity index is 980. The summed E-state index contributed by atoms with van der Waals surface area (Å²) in [5.74, 6) is -0.900. The quantitative estimate of drug-likeness (QED) is 0.410. The minimum atomic E-state index is -0.812. The lowest BCUT2D eigenvalue weighted by atomic mass is 9.95. The summed E-state index contributed by atoms with van der Waals surface area (Å²) in [4.78, 5) is 27.0. The van der Waals surface area contributed by atoms with Crippen molar-refractivity contribution < 1.29 is 29.3 Å². The van der Waals surface area contributed by atoms with Gasteiger partial charge in [0.1, 0.15) is 11.5 Å². The van der Waals surface area contributed by atoms with Crippen molar-refractivity contribution in [3.8, 4) is 17.2 Å². The average Bonchev–Trinajstić information content (AvgIpc) is 2.99. The lowest BCUT2D eigenvalue weighted by Gasteiger charge is -2.25. The van der Waals surface area contributed by atoms with Crippen LogP contribution in [0.25, 0.3) is 5.76 Å². The second-order valence-corrected chi connectivity index (χ2v) is 6.88. The van der Waals surface area contributed by atoms with Crippen LogP contribution in [0.5, 0.6) is 17.2 Å². The number of benzene rings is 2. The molecule has 1 aliphatic rings. The molecular formula is C23H25NO6. The largest absolute Gasteiger partial charge is 0.507 e. The number of Topliss-reactive ketones (excluding diaryl/α,β-unsaturated/α-hetero) is 1. The molecule has 7 heteroatoms. The van der Waals surface area contributed by atoms with E-state index in [-0.39, 0.29) is 22.8 Å². The highest BCUT2D eigenvalue weighted by molar-refractivity contribution is 6.46. The molecule has 1 saturated heterocycles. The van der Waals surface area contributed by atoms with Crippen LogP contribution in [0, 0.1) is 0 Å². The van der Waals surface area contributed by atoms with E-state index < -0.39 is 17.7 Å². The van der Waals surface area contributed by atoms with E-state index in [9.17, 15) is 19.8 Å². The van der Waals surface area contributed by atoms with Crippen LogP contribution in [-0.2, 0) is 9.59 Å². The Morgan fingerprint density at radius 2 is 1.80 bits per heavy atom. The Morgan fingerprint density at radius 3 is 2.37 bits per heavy atom. The predicted molar refractivity (Wildman–Crippen MR) is 112 cm³/mol. The van der Waals surface area contributed by atoms with Crippen molar-refractivity contribution in [1.29, 1.82) is 0 Å². The molecule has 3 rings (SSSR count). The highest BCUT2D eigenvalue weighted by Gasteiger charge is 2.45. The number of ketones is 1. The molecule has 0 bridgehead atoms. The van der Waals surface area contributed by atoms with E-state index >= 15 is 0 Å². The summed E-state index contributed by atoms with van der Waals surface area (Å²) in [7, 11) is 1.43. The SMILES string of the molecule is CCCN1C(=O)C(=O)/C(=C(\O)c2ccc(OCC)cc2)C1c1ccc(OC)c(O)c1. The molecule has 1 heterocycles. The standard InChI is InChI=1S/C23H25NO6/c1-4-12-24-20(15-8-11-18(29-3)17(25)13-15)19(22(27)23(24)28)21(26)14-6-9-16(10-7-14)30-5-2/h6-11,13,20,25-26H,4-5,12H2,1-3H3/b21-19-. The molecule has 1 aliphatic heterocycles. The molecule has 0 aliphatic carbocycles. The molecule has 2 aromatic rings. The second kappa shape index (κ2) is 8.90. The number of phenolic OH excluding ortho intramolecular Hbond substituents is 1. The second-order valence-electron chi connectivity index (χ2n) is 6.88. The number of carbonyl (C=O) groups excluding carboxylic acids is 2. The Hall–Kier alpha value is -3.48. The molecule has 0 spiro atoms. The van der Waals surface area contributed by atoms with Gasteiger partial charge in [0.05, 0.1) is 25.3 Å². The number of hydrogen-bond donors (Lipinski definition) is 2. The van der Waals surface area contributed by atoms with Gasteiger partial charge in [-0.15, -0.1) is 0 Å². The lowest BCUT2D eigenvalue weighted by molar-refractivity contribution is -0.139. The Kier molecular flexibility index (Phi) is 6.30. The molecule has 2 aromatic carbocycles. The van der Waals surface area contributed by atoms with Crippen LogP contribution in [0.3, 0.4) is 0 Å². The number of carbonyl (C=O) groups is 2. The van der Waals surface area contributed by atoms with Crippen molar-refractivity contribution in [2.24, 2.45) is 0 Å². The number of amides is 1. The summed E-state index contributed by atoms with van der Waals surface area (Å²) < 4.78 is 10.5. The summed E-state index contributed by atoms with van der Waals surface area (Å²) in [6.45, 7) is 4.61. The topological polar surface area (TPSA) is 96.3 Å². The van der Waals surface area contributed by atoms with Gasteiger partial charge in [-0.25, -0.2) is 0 Å². The first-order chi connectivity index (χ1) is 14.4. The molecule has 1 unspecified atom stereocenters. The third kappa shape index (κ3) is 3.83. The molecule has 1 atom stereocenters. The van der Waals surface area contributed by atoms with Crippen molar-refractivity contribution in [1.82, 2.24) is 4.90 Å². The van der Waals surface area contributed by atoms with Crippen molar-refractivity contribution in [3.05, 3.63) is 59.2 Å². The van der Waals surface area contributed by atoms with Gasteiger partial charge in [0.2, 0.25) is 0 Å². The third-order valence-electron chi connectivity index (χ3n) is 4.96. The Morgan fingerprint density at radius 1 is 1.10 bits per heavy atom. The van der Waals surface area contributed by atoms with Crippen LogP contribution >= 0.6 is 0 Å². The van der Waals surface area contributed by atoms with Crippen LogP contribution in [-0.4, -0.2) is 47.1 Å². The monoisotopic (exact) mass is 411 g/mol. The van der Waals surface area contributed by atoms with Crippen LogP contribution < -0.4 is 9.47 Å². The fourth-order valence-corrected chi connectivity index (χ4v) is 3.61. The molecular weight excluding hydrogens is 386 g/mol. The summed E-state index contributed by atoms with van der Waals surface area (Å²) in [5, 5.41) is 21.2. The first-order valence-electron chi connectivity index (χ1n) is 9.81. The Labute approximate surface area is 175 Å². The van der Waals surface area contributed by atoms with Gasteiger partial charge in [0.25, 0.3) is 11.7 Å². The maximum atomic E-state index is 12.8. The van der Waals surface area contributed by atoms with Gasteiger partial charge in [0.15, 0.2) is 11.5 Å². The van der Waals surface area contributed by atoms with Gasteiger partial charge >= 0.3 is 0 Å². The lowest BCUT2D eigenvalue weighted by Crippen LogP contribution is -2.30. The first-order valence-corrected chi connectivity index (χ1v) is 9.81. The van der Waals surface area contributed by atoms with Gasteiger partial charge < -0.3 is 24.6 Å². The summed E-state index contributed by atoms with van der Waals surface area (Å²) >= 11 is 0. The number of phenols is 1. The van der Waals surface area contributed by atoms with Crippen molar-refractivity contribution in [3.63, 3.8) is 0 Å². The number of aliphatic hydroxyl groups excluding tert-OH is 1. The first kappa shape index (κ1) is 21.2. The molecule has 0 radical (unpaired) electrons.